The van der Waals surface area contributed by atoms with Crippen molar-refractivity contribution in [1.82, 2.24) is 4.57 Å². The van der Waals surface area contributed by atoms with Crippen LogP contribution in [0.3, 0.4) is 0 Å². The van der Waals surface area contributed by atoms with E-state index in [1.807, 2.05) is 18.2 Å². The average Bonchev–Trinajstić information content (AvgIpc) is 3.63. The fraction of sp³-hybridized carbons (Fsp3) is 0. The van der Waals surface area contributed by atoms with Crippen molar-refractivity contribution in [3.05, 3.63) is 242 Å². The van der Waals surface area contributed by atoms with E-state index >= 15 is 0 Å². The molecule has 9 aromatic carbocycles. The topological polar surface area (TPSA) is 8.17 Å². The minimum atomic E-state index is -3.36. The van der Waals surface area contributed by atoms with E-state index in [0.29, 0.717) is 0 Å². The number of halogens is 1. The Morgan fingerprint density at radius 3 is 1.31 bits per heavy atom. The van der Waals surface area contributed by atoms with Crippen molar-refractivity contribution in [2.24, 2.45) is 0 Å². The Morgan fingerprint density at radius 2 is 0.759 bits per heavy atom. The maximum absolute atomic E-state index is 14.3. The number of anilines is 3. The SMILES string of the molecule is Fc1ccc(N(c2ccc(-c3cc[c]([Ge]([c]4ccccc4)([c]4ccccc4)[c]4ccccc4)cc3)cc2)c2ccc3c(c2)c2ccccc2n3-c2ccccc2)cc1. The first-order valence-electron chi connectivity index (χ1n) is 19.7. The molecule has 0 spiro atoms. The van der Waals surface area contributed by atoms with E-state index < -0.39 is 13.3 Å². The van der Waals surface area contributed by atoms with Gasteiger partial charge in [0.1, 0.15) is 5.82 Å². The fourth-order valence-electron chi connectivity index (χ4n) is 8.77. The summed E-state index contributed by atoms with van der Waals surface area (Å²) in [5.41, 5.74) is 8.57. The molecular weight excluding hydrogens is 768 g/mol. The molecule has 0 unspecified atom stereocenters. The molecule has 4 heteroatoms. The summed E-state index contributed by atoms with van der Waals surface area (Å²) >= 11 is -3.36. The van der Waals surface area contributed by atoms with Crippen molar-refractivity contribution in [2.45, 2.75) is 0 Å². The summed E-state index contributed by atoms with van der Waals surface area (Å²) in [6.45, 7) is 0. The van der Waals surface area contributed by atoms with Crippen LogP contribution in [-0.2, 0) is 0 Å². The van der Waals surface area contributed by atoms with Gasteiger partial charge in [-0.1, -0.05) is 36.4 Å². The van der Waals surface area contributed by atoms with Gasteiger partial charge in [-0.3, -0.25) is 0 Å². The Bertz CT molecular complexity index is 2870. The molecule has 0 saturated heterocycles. The van der Waals surface area contributed by atoms with Crippen LogP contribution in [0.25, 0.3) is 38.6 Å². The molecule has 0 N–H and O–H groups in total. The molecule has 1 aromatic heterocycles. The molecule has 0 radical (unpaired) electrons. The summed E-state index contributed by atoms with van der Waals surface area (Å²) in [4.78, 5) is 2.21. The molecule has 10 rings (SSSR count). The Morgan fingerprint density at radius 1 is 0.345 bits per heavy atom. The fourth-order valence-corrected chi connectivity index (χ4v) is 18.7. The first-order valence-corrected chi connectivity index (χ1v) is 23.9. The van der Waals surface area contributed by atoms with E-state index in [2.05, 4.69) is 216 Å². The van der Waals surface area contributed by atoms with Gasteiger partial charge in [0.05, 0.1) is 11.0 Å². The standard InChI is InChI=1S/C54H39FGeN2/c55-42-29-35-49(36-30-42)57(50-37-38-54-52(39-50)51-23-13-14-24-53(51)58(54)47-21-11-4-12-22-47)48-33-27-41(28-34-48)40-25-31-46(32-26-40)56(43-15-5-1-6-16-43,44-17-7-2-8-18-44)45-19-9-3-10-20-45/h1-39H. The third-order valence-corrected chi connectivity index (χ3v) is 21.5. The first kappa shape index (κ1) is 35.5. The second kappa shape index (κ2) is 15.2. The van der Waals surface area contributed by atoms with Crippen LogP contribution in [0.1, 0.15) is 0 Å². The molecule has 58 heavy (non-hydrogen) atoms. The van der Waals surface area contributed by atoms with Crippen LogP contribution in [0.2, 0.25) is 0 Å². The predicted molar refractivity (Wildman–Crippen MR) is 244 cm³/mol. The summed E-state index contributed by atoms with van der Waals surface area (Å²) < 4.78 is 22.2. The van der Waals surface area contributed by atoms with Gasteiger partial charge in [-0.05, 0) is 18.2 Å². The summed E-state index contributed by atoms with van der Waals surface area (Å²) in [5.74, 6) is -0.260. The van der Waals surface area contributed by atoms with E-state index in [4.69, 9.17) is 0 Å². The number of benzene rings is 9. The van der Waals surface area contributed by atoms with E-state index in [0.717, 1.165) is 50.3 Å². The monoisotopic (exact) mass is 808 g/mol. The van der Waals surface area contributed by atoms with Crippen LogP contribution in [-0.4, -0.2) is 17.8 Å². The van der Waals surface area contributed by atoms with Gasteiger partial charge >= 0.3 is 251 Å². The van der Waals surface area contributed by atoms with Gasteiger partial charge < -0.3 is 4.57 Å². The van der Waals surface area contributed by atoms with E-state index in [-0.39, 0.29) is 5.82 Å². The molecule has 0 aliphatic rings. The number of hydrogen-bond acceptors (Lipinski definition) is 1. The Balaban J connectivity index is 1.05. The summed E-state index contributed by atoms with van der Waals surface area (Å²) in [6, 6.07) is 83.8. The molecular formula is C54H39FGeN2. The third-order valence-electron chi connectivity index (χ3n) is 11.4. The summed E-state index contributed by atoms with van der Waals surface area (Å²) in [7, 11) is 0. The van der Waals surface area contributed by atoms with Gasteiger partial charge in [-0.15, -0.1) is 0 Å². The Labute approximate surface area is 341 Å². The van der Waals surface area contributed by atoms with Crippen molar-refractivity contribution in [3.63, 3.8) is 0 Å². The second-order valence-electron chi connectivity index (χ2n) is 14.7. The minimum absolute atomic E-state index is 0.260. The zero-order valence-corrected chi connectivity index (χ0v) is 33.9. The maximum atomic E-state index is 14.3. The van der Waals surface area contributed by atoms with Crippen LogP contribution in [0, 0.1) is 5.82 Å². The average molecular weight is 808 g/mol. The van der Waals surface area contributed by atoms with Gasteiger partial charge in [0, 0.05) is 11.1 Å². The predicted octanol–water partition coefficient (Wildman–Crippen LogP) is 11.4. The molecule has 10 aromatic rings. The molecule has 0 atom stereocenters. The van der Waals surface area contributed by atoms with Gasteiger partial charge in [-0.25, -0.2) is 4.39 Å². The van der Waals surface area contributed by atoms with Crippen LogP contribution >= 0.6 is 0 Å². The molecule has 276 valence electrons. The number of hydrogen-bond donors (Lipinski definition) is 0. The Hall–Kier alpha value is -6.95. The number of para-hydroxylation sites is 2. The number of rotatable bonds is 9. The van der Waals surface area contributed by atoms with Crippen LogP contribution in [0.5, 0.6) is 0 Å². The molecule has 1 heterocycles. The number of nitrogens with zero attached hydrogens (tertiary/aromatic N) is 2. The van der Waals surface area contributed by atoms with E-state index in [1.54, 1.807) is 0 Å². The summed E-state index contributed by atoms with van der Waals surface area (Å²) in [6.07, 6.45) is 0. The number of aromatic nitrogens is 1. The van der Waals surface area contributed by atoms with Crippen molar-refractivity contribution in [3.8, 4) is 16.8 Å². The summed E-state index contributed by atoms with van der Waals surface area (Å²) in [5, 5.41) is 2.34. The van der Waals surface area contributed by atoms with Crippen LogP contribution in [0.15, 0.2) is 237 Å². The normalized spacial score (nSPS) is 11.5. The van der Waals surface area contributed by atoms with Crippen LogP contribution < -0.4 is 22.5 Å². The molecule has 0 saturated carbocycles. The van der Waals surface area contributed by atoms with Gasteiger partial charge in [0.25, 0.3) is 0 Å². The van der Waals surface area contributed by atoms with Gasteiger partial charge in [-0.2, -0.15) is 0 Å². The first-order chi connectivity index (χ1) is 28.7. The quantitative estimate of drug-likeness (QED) is 0.132. The molecule has 2 nitrogen and oxygen atoms in total. The van der Waals surface area contributed by atoms with Crippen molar-refractivity contribution in [2.75, 3.05) is 4.90 Å². The van der Waals surface area contributed by atoms with Crippen molar-refractivity contribution < 1.29 is 4.39 Å². The molecule has 0 aliphatic heterocycles. The van der Waals surface area contributed by atoms with Crippen LogP contribution in [0.4, 0.5) is 21.5 Å². The third kappa shape index (κ3) is 6.21. The Kier molecular flexibility index (Phi) is 9.29. The number of fused-ring (bicyclic) bond motifs is 3. The van der Waals surface area contributed by atoms with Gasteiger partial charge in [0.15, 0.2) is 0 Å². The van der Waals surface area contributed by atoms with Gasteiger partial charge in [0.2, 0.25) is 0 Å². The zero-order chi connectivity index (χ0) is 38.9. The molecule has 0 aliphatic carbocycles. The second-order valence-corrected chi connectivity index (χ2v) is 22.7. The molecule has 0 bridgehead atoms. The van der Waals surface area contributed by atoms with E-state index in [9.17, 15) is 4.39 Å². The van der Waals surface area contributed by atoms with Crippen molar-refractivity contribution in [1.29, 1.82) is 0 Å². The van der Waals surface area contributed by atoms with E-state index in [1.165, 1.54) is 35.1 Å². The van der Waals surface area contributed by atoms with Crippen molar-refractivity contribution >= 4 is 69.7 Å². The molecule has 0 amide bonds. The molecule has 0 fully saturated rings. The zero-order valence-electron chi connectivity index (χ0n) is 31.8.